The second kappa shape index (κ2) is 8.14. The molecule has 2 aliphatic heterocycles. The predicted octanol–water partition coefficient (Wildman–Crippen LogP) is 4.50. The lowest BCUT2D eigenvalue weighted by molar-refractivity contribution is -0.154. The van der Waals surface area contributed by atoms with Crippen LogP contribution in [0, 0.1) is 0 Å². The summed E-state index contributed by atoms with van der Waals surface area (Å²) >= 11 is 0. The average molecular weight is 413 g/mol. The number of carbonyl (C=O) groups is 1. The van der Waals surface area contributed by atoms with Crippen LogP contribution in [0.3, 0.4) is 0 Å². The van der Waals surface area contributed by atoms with Crippen molar-refractivity contribution in [3.8, 4) is 0 Å². The Hall–Kier alpha value is -3.21. The second-order valence-electron chi connectivity index (χ2n) is 8.58. The molecular weight excluding hydrogens is 384 g/mol. The molecule has 0 aliphatic carbocycles. The van der Waals surface area contributed by atoms with Crippen LogP contribution in [0.5, 0.6) is 0 Å². The zero-order chi connectivity index (χ0) is 21.4. The molecule has 0 unspecified atom stereocenters. The van der Waals surface area contributed by atoms with E-state index in [4.69, 9.17) is 9.97 Å². The van der Waals surface area contributed by atoms with Crippen molar-refractivity contribution >= 4 is 11.7 Å². The van der Waals surface area contributed by atoms with Crippen molar-refractivity contribution in [3.63, 3.8) is 0 Å². The third kappa shape index (κ3) is 3.38. The fourth-order valence-electron chi connectivity index (χ4n) is 5.21. The summed E-state index contributed by atoms with van der Waals surface area (Å²) in [6, 6.07) is 20.9. The Morgan fingerprint density at radius 2 is 1.74 bits per heavy atom. The topological polar surface area (TPSA) is 49.3 Å². The minimum Gasteiger partial charge on any atom is -0.355 e. The molecule has 0 spiro atoms. The SMILES string of the molecule is CC[C@@H]1CCc2ncnc(N(C)Cc3ccccc3)c2[C@H]2[C@H](c3ccccc3)C(=O)N12. The fraction of sp³-hybridized carbons (Fsp3) is 0.346. The first-order valence-corrected chi connectivity index (χ1v) is 11.1. The zero-order valence-corrected chi connectivity index (χ0v) is 18.1. The number of anilines is 1. The Morgan fingerprint density at radius 3 is 2.45 bits per heavy atom. The molecule has 1 saturated heterocycles. The second-order valence-corrected chi connectivity index (χ2v) is 8.58. The summed E-state index contributed by atoms with van der Waals surface area (Å²) < 4.78 is 0. The molecule has 158 valence electrons. The molecule has 0 N–H and O–H groups in total. The van der Waals surface area contributed by atoms with Gasteiger partial charge in [0, 0.05) is 25.2 Å². The van der Waals surface area contributed by atoms with Crippen LogP contribution in [-0.4, -0.2) is 33.9 Å². The van der Waals surface area contributed by atoms with Gasteiger partial charge >= 0.3 is 0 Å². The number of hydrogen-bond donors (Lipinski definition) is 0. The Bertz CT molecular complexity index is 1070. The number of amides is 1. The molecule has 1 amide bonds. The van der Waals surface area contributed by atoms with Gasteiger partial charge in [0.05, 0.1) is 17.7 Å². The largest absolute Gasteiger partial charge is 0.355 e. The molecule has 1 aromatic heterocycles. The normalized spacial score (nSPS) is 22.2. The standard InChI is InChI=1S/C26H28N4O/c1-3-20-14-15-21-23(24-22(26(31)30(20)24)19-12-8-5-9-13-19)25(28-17-27-21)29(2)16-18-10-6-4-7-11-18/h4-13,17,20,22,24H,3,14-16H2,1-2H3/t20-,22+,24-/m1/s1. The molecule has 3 atom stereocenters. The molecule has 2 aromatic carbocycles. The highest BCUT2D eigenvalue weighted by Gasteiger charge is 2.54. The van der Waals surface area contributed by atoms with Gasteiger partial charge in [-0.15, -0.1) is 0 Å². The summed E-state index contributed by atoms with van der Waals surface area (Å²) in [5, 5.41) is 0. The first kappa shape index (κ1) is 19.7. The molecule has 5 nitrogen and oxygen atoms in total. The quantitative estimate of drug-likeness (QED) is 0.579. The molecule has 0 radical (unpaired) electrons. The van der Waals surface area contributed by atoms with Crippen molar-refractivity contribution in [2.24, 2.45) is 0 Å². The number of rotatable bonds is 5. The summed E-state index contributed by atoms with van der Waals surface area (Å²) in [5.74, 6) is 1.01. The van der Waals surface area contributed by atoms with Crippen molar-refractivity contribution in [1.82, 2.24) is 14.9 Å². The maximum absolute atomic E-state index is 13.4. The van der Waals surface area contributed by atoms with Crippen LogP contribution < -0.4 is 4.90 Å². The summed E-state index contributed by atoms with van der Waals surface area (Å²) in [6.45, 7) is 2.94. The van der Waals surface area contributed by atoms with Gasteiger partial charge in [0.25, 0.3) is 0 Å². The van der Waals surface area contributed by atoms with E-state index in [2.05, 4.69) is 60.2 Å². The molecular formula is C26H28N4O. The molecule has 2 aliphatic rings. The van der Waals surface area contributed by atoms with Crippen molar-refractivity contribution < 1.29 is 4.79 Å². The number of carbonyl (C=O) groups excluding carboxylic acids is 1. The van der Waals surface area contributed by atoms with Crippen LogP contribution in [-0.2, 0) is 17.8 Å². The Labute approximate surface area is 183 Å². The smallest absolute Gasteiger partial charge is 0.233 e. The number of nitrogens with zero attached hydrogens (tertiary/aromatic N) is 4. The van der Waals surface area contributed by atoms with Crippen molar-refractivity contribution in [2.45, 2.75) is 50.7 Å². The zero-order valence-electron chi connectivity index (χ0n) is 18.1. The lowest BCUT2D eigenvalue weighted by atomic mass is 9.76. The summed E-state index contributed by atoms with van der Waals surface area (Å²) in [6.07, 6.45) is 4.47. The maximum atomic E-state index is 13.4. The highest BCUT2D eigenvalue weighted by atomic mass is 16.2. The van der Waals surface area contributed by atoms with Crippen LogP contribution in [0.15, 0.2) is 67.0 Å². The Kier molecular flexibility index (Phi) is 5.18. The number of hydrogen-bond acceptors (Lipinski definition) is 4. The van der Waals surface area contributed by atoms with E-state index < -0.39 is 0 Å². The number of fused-ring (bicyclic) bond motifs is 3. The summed E-state index contributed by atoms with van der Waals surface area (Å²) in [5.41, 5.74) is 4.53. The van der Waals surface area contributed by atoms with Gasteiger partial charge in [-0.25, -0.2) is 9.97 Å². The first-order valence-electron chi connectivity index (χ1n) is 11.1. The van der Waals surface area contributed by atoms with Gasteiger partial charge in [-0.1, -0.05) is 67.6 Å². The van der Waals surface area contributed by atoms with Crippen LogP contribution in [0.4, 0.5) is 5.82 Å². The number of β-lactam (4-membered cyclic amide) rings is 1. The van der Waals surface area contributed by atoms with Crippen molar-refractivity contribution in [3.05, 3.63) is 89.4 Å². The molecule has 5 rings (SSSR count). The predicted molar refractivity (Wildman–Crippen MR) is 122 cm³/mol. The van der Waals surface area contributed by atoms with Gasteiger partial charge in [-0.2, -0.15) is 0 Å². The van der Waals surface area contributed by atoms with Gasteiger partial charge < -0.3 is 9.80 Å². The van der Waals surface area contributed by atoms with E-state index in [0.717, 1.165) is 48.4 Å². The monoisotopic (exact) mass is 412 g/mol. The molecule has 3 heterocycles. The highest BCUT2D eigenvalue weighted by Crippen LogP contribution is 2.52. The lowest BCUT2D eigenvalue weighted by Gasteiger charge is -2.51. The van der Waals surface area contributed by atoms with E-state index in [-0.39, 0.29) is 23.9 Å². The Balaban J connectivity index is 1.59. The first-order chi connectivity index (χ1) is 15.2. The fourth-order valence-corrected chi connectivity index (χ4v) is 5.21. The van der Waals surface area contributed by atoms with Crippen LogP contribution >= 0.6 is 0 Å². The molecule has 0 bridgehead atoms. The maximum Gasteiger partial charge on any atom is 0.233 e. The van der Waals surface area contributed by atoms with Crippen LogP contribution in [0.25, 0.3) is 0 Å². The van der Waals surface area contributed by atoms with E-state index in [9.17, 15) is 4.79 Å². The van der Waals surface area contributed by atoms with Gasteiger partial charge in [0.1, 0.15) is 12.1 Å². The number of aromatic nitrogens is 2. The van der Waals surface area contributed by atoms with E-state index in [1.807, 2.05) is 24.3 Å². The minimum absolute atomic E-state index is 0.00762. The van der Waals surface area contributed by atoms with Gasteiger partial charge in [-0.3, -0.25) is 4.79 Å². The van der Waals surface area contributed by atoms with Crippen molar-refractivity contribution in [2.75, 3.05) is 11.9 Å². The third-order valence-corrected chi connectivity index (χ3v) is 6.74. The number of aryl methyl sites for hydroxylation is 1. The Morgan fingerprint density at radius 1 is 1.03 bits per heavy atom. The minimum atomic E-state index is -0.165. The van der Waals surface area contributed by atoms with E-state index in [1.54, 1.807) is 6.33 Å². The van der Waals surface area contributed by atoms with Gasteiger partial charge in [0.2, 0.25) is 5.91 Å². The van der Waals surface area contributed by atoms with E-state index in [0.29, 0.717) is 0 Å². The van der Waals surface area contributed by atoms with Gasteiger partial charge in [-0.05, 0) is 30.4 Å². The van der Waals surface area contributed by atoms with E-state index >= 15 is 0 Å². The highest BCUT2D eigenvalue weighted by molar-refractivity contribution is 5.92. The van der Waals surface area contributed by atoms with Crippen LogP contribution in [0.1, 0.15) is 54.1 Å². The summed E-state index contributed by atoms with van der Waals surface area (Å²) in [7, 11) is 2.08. The molecule has 3 aromatic rings. The van der Waals surface area contributed by atoms with E-state index in [1.165, 1.54) is 5.56 Å². The number of benzene rings is 2. The lowest BCUT2D eigenvalue weighted by Crippen LogP contribution is -2.57. The molecule has 31 heavy (non-hydrogen) atoms. The summed E-state index contributed by atoms with van der Waals surface area (Å²) in [4.78, 5) is 27.1. The van der Waals surface area contributed by atoms with Gasteiger partial charge in [0.15, 0.2) is 0 Å². The van der Waals surface area contributed by atoms with Crippen molar-refractivity contribution in [1.29, 1.82) is 0 Å². The molecule has 0 saturated carbocycles. The average Bonchev–Trinajstić information content (AvgIpc) is 2.95. The molecule has 5 heteroatoms. The third-order valence-electron chi connectivity index (χ3n) is 6.74. The molecule has 1 fully saturated rings. The van der Waals surface area contributed by atoms with Crippen LogP contribution in [0.2, 0.25) is 0 Å².